The van der Waals surface area contributed by atoms with Crippen LogP contribution < -0.4 is 11.3 Å². The predicted octanol–water partition coefficient (Wildman–Crippen LogP) is 1.79. The average molecular weight is 282 g/mol. The molecule has 6 heteroatoms. The van der Waals surface area contributed by atoms with Crippen LogP contribution in [0.3, 0.4) is 0 Å². The van der Waals surface area contributed by atoms with Crippen molar-refractivity contribution in [3.8, 4) is 11.1 Å². The van der Waals surface area contributed by atoms with Crippen LogP contribution in [0, 0.1) is 0 Å². The van der Waals surface area contributed by atoms with Gasteiger partial charge in [-0.2, -0.15) is 5.10 Å². The number of nitrogens with zero attached hydrogens (tertiary/aromatic N) is 2. The normalized spacial score (nSPS) is 10.5. The highest BCUT2D eigenvalue weighted by atomic mass is 16.4. The quantitative estimate of drug-likeness (QED) is 0.434. The van der Waals surface area contributed by atoms with Crippen molar-refractivity contribution < 1.29 is 9.21 Å². The zero-order valence-corrected chi connectivity index (χ0v) is 11.2. The van der Waals surface area contributed by atoms with Gasteiger partial charge in [-0.1, -0.05) is 30.3 Å². The summed E-state index contributed by atoms with van der Waals surface area (Å²) in [5.41, 5.74) is 4.16. The molecule has 0 saturated heterocycles. The largest absolute Gasteiger partial charge is 0.454 e. The van der Waals surface area contributed by atoms with E-state index in [1.165, 1.54) is 0 Å². The smallest absolute Gasteiger partial charge is 0.300 e. The van der Waals surface area contributed by atoms with Crippen molar-refractivity contribution in [1.29, 1.82) is 0 Å². The molecule has 106 valence electrons. The Bertz CT molecular complexity index is 746. The summed E-state index contributed by atoms with van der Waals surface area (Å²) in [5.74, 6) is 5.42. The summed E-state index contributed by atoms with van der Waals surface area (Å²) in [7, 11) is 0. The second-order valence-corrected chi connectivity index (χ2v) is 4.53. The van der Waals surface area contributed by atoms with Gasteiger partial charge in [-0.15, -0.1) is 0 Å². The summed E-state index contributed by atoms with van der Waals surface area (Å²) >= 11 is 0. The summed E-state index contributed by atoms with van der Waals surface area (Å²) in [6.07, 6.45) is 3.73. The summed E-state index contributed by atoms with van der Waals surface area (Å²) in [6.45, 7) is 0.449. The summed E-state index contributed by atoms with van der Waals surface area (Å²) < 4.78 is 7.16. The lowest BCUT2D eigenvalue weighted by Gasteiger charge is -1.98. The van der Waals surface area contributed by atoms with Crippen molar-refractivity contribution in [2.75, 3.05) is 0 Å². The molecule has 0 unspecified atom stereocenters. The van der Waals surface area contributed by atoms with Crippen molar-refractivity contribution in [3.05, 3.63) is 66.4 Å². The highest BCUT2D eigenvalue weighted by Gasteiger charge is 2.10. The number of nitrogens with two attached hydrogens (primary N) is 1. The SMILES string of the molecule is NNC(=O)c1ccc(Cn2cc(-c3ccccc3)cn2)o1. The molecule has 1 aromatic carbocycles. The van der Waals surface area contributed by atoms with Gasteiger partial charge >= 0.3 is 5.91 Å². The lowest BCUT2D eigenvalue weighted by molar-refractivity contribution is 0.0924. The fourth-order valence-corrected chi connectivity index (χ4v) is 2.05. The van der Waals surface area contributed by atoms with E-state index in [4.69, 9.17) is 10.3 Å². The third-order valence-electron chi connectivity index (χ3n) is 3.07. The molecule has 0 aliphatic carbocycles. The molecule has 0 radical (unpaired) electrons. The van der Waals surface area contributed by atoms with Crippen molar-refractivity contribution in [2.45, 2.75) is 6.54 Å². The number of nitrogens with one attached hydrogen (secondary N) is 1. The molecule has 0 aliphatic rings. The lowest BCUT2D eigenvalue weighted by atomic mass is 10.1. The van der Waals surface area contributed by atoms with Crippen LogP contribution in [0.2, 0.25) is 0 Å². The minimum absolute atomic E-state index is 0.183. The maximum Gasteiger partial charge on any atom is 0.300 e. The molecule has 21 heavy (non-hydrogen) atoms. The van der Waals surface area contributed by atoms with Gasteiger partial charge in [-0.25, -0.2) is 5.84 Å². The van der Waals surface area contributed by atoms with Gasteiger partial charge in [-0.3, -0.25) is 14.9 Å². The Labute approximate surface area is 121 Å². The van der Waals surface area contributed by atoms with E-state index in [0.717, 1.165) is 11.1 Å². The second kappa shape index (κ2) is 5.64. The van der Waals surface area contributed by atoms with Gasteiger partial charge in [0.25, 0.3) is 0 Å². The van der Waals surface area contributed by atoms with Gasteiger partial charge in [0.05, 0.1) is 12.7 Å². The molecule has 3 aromatic rings. The molecular formula is C15H14N4O2. The van der Waals surface area contributed by atoms with Crippen LogP contribution in [0.4, 0.5) is 0 Å². The van der Waals surface area contributed by atoms with E-state index < -0.39 is 5.91 Å². The van der Waals surface area contributed by atoms with E-state index in [0.29, 0.717) is 12.3 Å². The third kappa shape index (κ3) is 2.85. The Morgan fingerprint density at radius 2 is 2.00 bits per heavy atom. The number of furan rings is 1. The second-order valence-electron chi connectivity index (χ2n) is 4.53. The molecule has 1 amide bonds. The molecule has 0 spiro atoms. The Hall–Kier alpha value is -2.86. The molecule has 0 atom stereocenters. The van der Waals surface area contributed by atoms with E-state index in [-0.39, 0.29) is 5.76 Å². The fourth-order valence-electron chi connectivity index (χ4n) is 2.05. The number of hydrogen-bond donors (Lipinski definition) is 2. The molecule has 0 bridgehead atoms. The van der Waals surface area contributed by atoms with Crippen LogP contribution in [0.15, 0.2) is 59.3 Å². The van der Waals surface area contributed by atoms with Crippen molar-refractivity contribution in [3.63, 3.8) is 0 Å². The van der Waals surface area contributed by atoms with E-state index in [1.54, 1.807) is 23.0 Å². The Morgan fingerprint density at radius 3 is 2.76 bits per heavy atom. The Kier molecular flexibility index (Phi) is 3.53. The molecule has 2 aromatic heterocycles. The third-order valence-corrected chi connectivity index (χ3v) is 3.07. The van der Waals surface area contributed by atoms with Crippen LogP contribution >= 0.6 is 0 Å². The van der Waals surface area contributed by atoms with Crippen LogP contribution in [0.5, 0.6) is 0 Å². The average Bonchev–Trinajstić information content (AvgIpc) is 3.17. The van der Waals surface area contributed by atoms with Crippen LogP contribution in [0.1, 0.15) is 16.3 Å². The number of amides is 1. The monoisotopic (exact) mass is 282 g/mol. The van der Waals surface area contributed by atoms with Crippen molar-refractivity contribution in [1.82, 2.24) is 15.2 Å². The van der Waals surface area contributed by atoms with E-state index in [1.807, 2.05) is 42.0 Å². The number of hydrogen-bond acceptors (Lipinski definition) is 4. The number of carbonyl (C=O) groups excluding carboxylic acids is 1. The molecule has 2 heterocycles. The first kappa shape index (κ1) is 13.1. The first-order chi connectivity index (χ1) is 10.3. The fraction of sp³-hybridized carbons (Fsp3) is 0.0667. The highest BCUT2D eigenvalue weighted by Crippen LogP contribution is 2.18. The van der Waals surface area contributed by atoms with E-state index in [2.05, 4.69) is 5.10 Å². The zero-order valence-electron chi connectivity index (χ0n) is 11.2. The van der Waals surface area contributed by atoms with E-state index >= 15 is 0 Å². The van der Waals surface area contributed by atoms with Gasteiger partial charge in [0, 0.05) is 11.8 Å². The van der Waals surface area contributed by atoms with Gasteiger partial charge < -0.3 is 4.42 Å². The standard InChI is InChI=1S/C15H14N4O2/c16-18-15(20)14-7-6-13(21-14)10-19-9-12(8-17-19)11-4-2-1-3-5-11/h1-9H,10,16H2,(H,18,20). The van der Waals surface area contributed by atoms with Crippen LogP contribution in [-0.2, 0) is 6.54 Å². The number of benzene rings is 1. The van der Waals surface area contributed by atoms with Crippen LogP contribution in [0.25, 0.3) is 11.1 Å². The van der Waals surface area contributed by atoms with Gasteiger partial charge in [-0.05, 0) is 17.7 Å². The molecule has 3 rings (SSSR count). The minimum atomic E-state index is -0.452. The molecular weight excluding hydrogens is 268 g/mol. The number of aromatic nitrogens is 2. The molecule has 0 aliphatic heterocycles. The van der Waals surface area contributed by atoms with Crippen molar-refractivity contribution in [2.24, 2.45) is 5.84 Å². The predicted molar refractivity (Wildman–Crippen MR) is 77.1 cm³/mol. The maximum absolute atomic E-state index is 11.3. The summed E-state index contributed by atoms with van der Waals surface area (Å²) in [5, 5.41) is 4.29. The number of rotatable bonds is 4. The molecule has 0 saturated carbocycles. The maximum atomic E-state index is 11.3. The van der Waals surface area contributed by atoms with Crippen LogP contribution in [-0.4, -0.2) is 15.7 Å². The first-order valence-corrected chi connectivity index (χ1v) is 6.44. The molecule has 3 N–H and O–H groups in total. The number of nitrogen functional groups attached to an aromatic ring is 1. The highest BCUT2D eigenvalue weighted by molar-refractivity contribution is 5.90. The lowest BCUT2D eigenvalue weighted by Crippen LogP contribution is -2.29. The molecule has 0 fully saturated rings. The van der Waals surface area contributed by atoms with Gasteiger partial charge in [0.1, 0.15) is 5.76 Å². The Morgan fingerprint density at radius 1 is 1.19 bits per heavy atom. The van der Waals surface area contributed by atoms with Gasteiger partial charge in [0.2, 0.25) is 0 Å². The summed E-state index contributed by atoms with van der Waals surface area (Å²) in [6, 6.07) is 13.3. The first-order valence-electron chi connectivity index (χ1n) is 6.44. The zero-order chi connectivity index (χ0) is 14.7. The van der Waals surface area contributed by atoms with E-state index in [9.17, 15) is 4.79 Å². The minimum Gasteiger partial charge on any atom is -0.454 e. The van der Waals surface area contributed by atoms with Gasteiger partial charge in [0.15, 0.2) is 5.76 Å². The topological polar surface area (TPSA) is 86.1 Å². The number of hydrazine groups is 1. The van der Waals surface area contributed by atoms with Crippen molar-refractivity contribution >= 4 is 5.91 Å². The Balaban J connectivity index is 1.76. The molecule has 6 nitrogen and oxygen atoms in total. The number of carbonyl (C=O) groups is 1. The summed E-state index contributed by atoms with van der Waals surface area (Å²) in [4.78, 5) is 11.3.